The second-order valence-electron chi connectivity index (χ2n) is 5.51. The van der Waals surface area contributed by atoms with Gasteiger partial charge in [-0.15, -0.1) is 12.3 Å². The van der Waals surface area contributed by atoms with E-state index in [1.165, 1.54) is 6.07 Å². The fourth-order valence-corrected chi connectivity index (χ4v) is 2.69. The molecule has 3 rings (SSSR count). The summed E-state index contributed by atoms with van der Waals surface area (Å²) in [4.78, 5) is 13.9. The van der Waals surface area contributed by atoms with Gasteiger partial charge < -0.3 is 4.90 Å². The molecule has 1 aromatic rings. The zero-order valence-corrected chi connectivity index (χ0v) is 11.7. The minimum atomic E-state index is -0.431. The summed E-state index contributed by atoms with van der Waals surface area (Å²) in [6.45, 7) is 0.837. The van der Waals surface area contributed by atoms with Crippen LogP contribution in [0.2, 0.25) is 0 Å². The van der Waals surface area contributed by atoms with Crippen LogP contribution in [0.1, 0.15) is 36.8 Å². The molecule has 0 aromatic heterocycles. The van der Waals surface area contributed by atoms with E-state index in [1.807, 2.05) is 6.07 Å². The average Bonchev–Trinajstić information content (AvgIpc) is 3.11. The molecule has 0 radical (unpaired) electrons. The smallest absolute Gasteiger partial charge is 0.223 e. The van der Waals surface area contributed by atoms with Gasteiger partial charge in [-0.1, -0.05) is 12.1 Å². The predicted molar refractivity (Wildman–Crippen MR) is 75.5 cm³/mol. The number of amides is 1. The second-order valence-corrected chi connectivity index (χ2v) is 5.51. The zero-order valence-electron chi connectivity index (χ0n) is 11.7. The summed E-state index contributed by atoms with van der Waals surface area (Å²) >= 11 is 0. The molecule has 2 heterocycles. The third-order valence-corrected chi connectivity index (χ3v) is 4.07. The number of benzene rings is 1. The Morgan fingerprint density at radius 3 is 2.86 bits per heavy atom. The lowest BCUT2D eigenvalue weighted by Gasteiger charge is -2.16. The number of hydrogen-bond donors (Lipinski definition) is 0. The van der Waals surface area contributed by atoms with Crippen molar-refractivity contribution in [2.24, 2.45) is 10.2 Å². The first-order valence-electron chi connectivity index (χ1n) is 7.05. The van der Waals surface area contributed by atoms with E-state index in [-0.39, 0.29) is 11.7 Å². The van der Waals surface area contributed by atoms with Crippen molar-refractivity contribution < 1.29 is 9.18 Å². The maximum atomic E-state index is 13.7. The Labute approximate surface area is 123 Å². The minimum absolute atomic E-state index is 0.0167. The topological polar surface area (TPSA) is 45.0 Å². The van der Waals surface area contributed by atoms with Crippen molar-refractivity contribution >= 4 is 5.91 Å². The highest BCUT2D eigenvalue weighted by atomic mass is 19.1. The van der Waals surface area contributed by atoms with Crippen molar-refractivity contribution in [2.75, 3.05) is 0 Å². The quantitative estimate of drug-likeness (QED) is 0.767. The van der Waals surface area contributed by atoms with Gasteiger partial charge in [0.05, 0.1) is 0 Å². The first-order chi connectivity index (χ1) is 10.1. The van der Waals surface area contributed by atoms with Crippen molar-refractivity contribution in [2.45, 2.75) is 44.4 Å². The molecule has 0 N–H and O–H groups in total. The first-order valence-corrected chi connectivity index (χ1v) is 7.05. The van der Waals surface area contributed by atoms with Crippen molar-refractivity contribution in [3.63, 3.8) is 0 Å². The molecule has 0 bridgehead atoms. The van der Waals surface area contributed by atoms with Crippen LogP contribution < -0.4 is 0 Å². The number of carbonyl (C=O) groups is 1. The molecule has 0 fully saturated rings. The van der Waals surface area contributed by atoms with Crippen LogP contribution in [0.3, 0.4) is 0 Å². The average molecular weight is 285 g/mol. The van der Waals surface area contributed by atoms with E-state index in [1.54, 1.807) is 11.0 Å². The van der Waals surface area contributed by atoms with Gasteiger partial charge in [0.15, 0.2) is 5.66 Å². The number of rotatable bonds is 5. The molecular formula is C16H16FN3O. The van der Waals surface area contributed by atoms with E-state index in [2.05, 4.69) is 16.1 Å². The first kappa shape index (κ1) is 13.7. The summed E-state index contributed by atoms with van der Waals surface area (Å²) in [6.07, 6.45) is 7.50. The summed E-state index contributed by atoms with van der Waals surface area (Å²) in [7, 11) is 0. The summed E-state index contributed by atoms with van der Waals surface area (Å²) in [5.74, 6) is 2.35. The Balaban J connectivity index is 1.54. The van der Waals surface area contributed by atoms with E-state index in [0.717, 1.165) is 5.56 Å². The van der Waals surface area contributed by atoms with E-state index < -0.39 is 5.66 Å². The normalized spacial score (nSPS) is 17.4. The monoisotopic (exact) mass is 285 g/mol. The molecule has 4 nitrogen and oxygen atoms in total. The van der Waals surface area contributed by atoms with Crippen LogP contribution in [0.4, 0.5) is 4.39 Å². The summed E-state index contributed by atoms with van der Waals surface area (Å²) in [5.41, 5.74) is 1.10. The molecule has 1 aromatic carbocycles. The number of halogens is 1. The standard InChI is InChI=1S/C16H16FN3O/c1-2-3-8-16(18-19-16)9-7-15(21)20-10-12-5-4-6-14(17)13(12)11-20/h1,4-6H,3,7-11H2. The second kappa shape index (κ2) is 5.28. The van der Waals surface area contributed by atoms with E-state index in [0.29, 0.717) is 44.3 Å². The number of hydrogen-bond acceptors (Lipinski definition) is 3. The lowest BCUT2D eigenvalue weighted by molar-refractivity contribution is -0.132. The molecule has 0 unspecified atom stereocenters. The van der Waals surface area contributed by atoms with Crippen LogP contribution in [0.5, 0.6) is 0 Å². The third kappa shape index (κ3) is 2.80. The molecule has 1 amide bonds. The predicted octanol–water partition coefficient (Wildman–Crippen LogP) is 3.02. The molecule has 2 aliphatic heterocycles. The zero-order chi connectivity index (χ0) is 14.9. The maximum Gasteiger partial charge on any atom is 0.223 e. The Hall–Kier alpha value is -2.22. The fourth-order valence-electron chi connectivity index (χ4n) is 2.69. The summed E-state index contributed by atoms with van der Waals surface area (Å²) < 4.78 is 13.7. The lowest BCUT2D eigenvalue weighted by Crippen LogP contribution is -2.27. The Morgan fingerprint density at radius 1 is 1.38 bits per heavy atom. The third-order valence-electron chi connectivity index (χ3n) is 4.07. The number of fused-ring (bicyclic) bond motifs is 1. The van der Waals surface area contributed by atoms with Gasteiger partial charge in [0, 0.05) is 44.3 Å². The minimum Gasteiger partial charge on any atom is -0.334 e. The lowest BCUT2D eigenvalue weighted by atomic mass is 10.0. The molecule has 0 saturated carbocycles. The summed E-state index contributed by atoms with van der Waals surface area (Å²) in [5, 5.41) is 8.04. The van der Waals surface area contributed by atoms with Crippen LogP contribution in [0, 0.1) is 18.2 Å². The van der Waals surface area contributed by atoms with Crippen molar-refractivity contribution in [3.05, 3.63) is 35.1 Å². The molecule has 21 heavy (non-hydrogen) atoms. The number of carbonyl (C=O) groups excluding carboxylic acids is 1. The van der Waals surface area contributed by atoms with Gasteiger partial charge >= 0.3 is 0 Å². The highest BCUT2D eigenvalue weighted by molar-refractivity contribution is 5.77. The Bertz CT molecular complexity index is 641. The molecule has 0 saturated heterocycles. The summed E-state index contributed by atoms with van der Waals surface area (Å²) in [6, 6.07) is 4.98. The molecule has 108 valence electrons. The highest BCUT2D eigenvalue weighted by Gasteiger charge is 2.40. The van der Waals surface area contributed by atoms with Gasteiger partial charge in [-0.25, -0.2) is 4.39 Å². The van der Waals surface area contributed by atoms with Gasteiger partial charge in [-0.05, 0) is 11.6 Å². The highest BCUT2D eigenvalue weighted by Crippen LogP contribution is 2.38. The number of nitrogens with zero attached hydrogens (tertiary/aromatic N) is 3. The van der Waals surface area contributed by atoms with Crippen LogP contribution in [-0.4, -0.2) is 16.5 Å². The van der Waals surface area contributed by atoms with Gasteiger partial charge in [0.1, 0.15) is 5.82 Å². The fraction of sp³-hybridized carbons (Fsp3) is 0.438. The van der Waals surface area contributed by atoms with Crippen LogP contribution in [-0.2, 0) is 17.9 Å². The van der Waals surface area contributed by atoms with E-state index >= 15 is 0 Å². The molecule has 0 aliphatic carbocycles. The maximum absolute atomic E-state index is 13.7. The van der Waals surface area contributed by atoms with Crippen LogP contribution in [0.25, 0.3) is 0 Å². The molecule has 0 atom stereocenters. The van der Waals surface area contributed by atoms with E-state index in [9.17, 15) is 9.18 Å². The van der Waals surface area contributed by atoms with Crippen molar-refractivity contribution in [1.29, 1.82) is 0 Å². The Kier molecular flexibility index (Phi) is 3.46. The SMILES string of the molecule is C#CCCC1(CCC(=O)N2Cc3cccc(F)c3C2)N=N1. The molecule has 2 aliphatic rings. The van der Waals surface area contributed by atoms with Gasteiger partial charge in [0.2, 0.25) is 5.91 Å². The van der Waals surface area contributed by atoms with Crippen molar-refractivity contribution in [3.8, 4) is 12.3 Å². The molecule has 0 spiro atoms. The molecular weight excluding hydrogens is 269 g/mol. The van der Waals surface area contributed by atoms with Crippen LogP contribution in [0.15, 0.2) is 28.4 Å². The largest absolute Gasteiger partial charge is 0.334 e. The van der Waals surface area contributed by atoms with Gasteiger partial charge in [-0.3, -0.25) is 4.79 Å². The Morgan fingerprint density at radius 2 is 2.19 bits per heavy atom. The molecule has 5 heteroatoms. The van der Waals surface area contributed by atoms with E-state index in [4.69, 9.17) is 6.42 Å². The van der Waals surface area contributed by atoms with Crippen LogP contribution >= 0.6 is 0 Å². The van der Waals surface area contributed by atoms with Crippen molar-refractivity contribution in [1.82, 2.24) is 4.90 Å². The van der Waals surface area contributed by atoms with Gasteiger partial charge in [0.25, 0.3) is 0 Å². The number of terminal acetylenes is 1. The van der Waals surface area contributed by atoms with Gasteiger partial charge in [-0.2, -0.15) is 10.2 Å².